The molecule has 0 aliphatic rings. The first-order chi connectivity index (χ1) is 9.22. The topological polar surface area (TPSA) is 18.5 Å². The Hall–Kier alpha value is -0.780. The zero-order valence-electron chi connectivity index (χ0n) is 10.3. The third kappa shape index (κ3) is 4.87. The van der Waals surface area contributed by atoms with E-state index in [4.69, 9.17) is 0 Å². The van der Waals surface area contributed by atoms with Crippen LogP contribution in [0.2, 0.25) is 0 Å². The van der Waals surface area contributed by atoms with E-state index in [2.05, 4.69) is 9.47 Å². The molecule has 0 spiro atoms. The van der Waals surface area contributed by atoms with Crippen molar-refractivity contribution in [1.82, 2.24) is 0 Å². The molecule has 0 aromatic heterocycles. The van der Waals surface area contributed by atoms with Crippen molar-refractivity contribution in [2.24, 2.45) is 0 Å². The Balaban J connectivity index is 5.55. The van der Waals surface area contributed by atoms with Crippen LogP contribution >= 0.6 is 0 Å². The van der Waals surface area contributed by atoms with Gasteiger partial charge in [-0.15, -0.1) is 0 Å². The third-order valence-corrected chi connectivity index (χ3v) is 1.97. The number of rotatable bonds is 8. The van der Waals surface area contributed by atoms with E-state index in [-0.39, 0.29) is 0 Å². The monoisotopic (exact) mass is 340 g/mol. The van der Waals surface area contributed by atoms with Gasteiger partial charge < -0.3 is 0 Å². The Labute approximate surface area is 112 Å². The van der Waals surface area contributed by atoms with E-state index in [0.29, 0.717) is 0 Å². The molecule has 0 aromatic carbocycles. The van der Waals surface area contributed by atoms with E-state index < -0.39 is 50.1 Å². The maximum Gasteiger partial charge on any atom is 0.458 e. The second-order valence-corrected chi connectivity index (χ2v) is 3.78. The molecule has 0 rings (SSSR count). The summed E-state index contributed by atoms with van der Waals surface area (Å²) in [5.74, 6) is -6.36. The first kappa shape index (κ1) is 20.2. The molecule has 0 radical (unpaired) electrons. The van der Waals surface area contributed by atoms with Crippen LogP contribution in [0.1, 0.15) is 19.8 Å². The zero-order chi connectivity index (χ0) is 17.1. The van der Waals surface area contributed by atoms with Gasteiger partial charge in [-0.1, -0.05) is 6.92 Å². The molecule has 128 valence electrons. The lowest BCUT2D eigenvalue weighted by Crippen LogP contribution is -2.61. The minimum absolute atomic E-state index is 0.538. The summed E-state index contributed by atoms with van der Waals surface area (Å²) >= 11 is 0. The van der Waals surface area contributed by atoms with E-state index in [1.165, 1.54) is 0 Å². The highest BCUT2D eigenvalue weighted by Gasteiger charge is 2.77. The van der Waals surface area contributed by atoms with Gasteiger partial charge in [0.1, 0.15) is 6.67 Å². The SMILES string of the molecule is CCCC(F)(F)OC(F)(C(F)(F)F)C(F)(F)OC(F)CF. The Morgan fingerprint density at radius 3 is 1.76 bits per heavy atom. The Morgan fingerprint density at radius 2 is 1.43 bits per heavy atom. The second kappa shape index (κ2) is 6.55. The lowest BCUT2D eigenvalue weighted by molar-refractivity contribution is -0.509. The quantitative estimate of drug-likeness (QED) is 0.606. The minimum Gasteiger partial charge on any atom is -0.278 e. The largest absolute Gasteiger partial charge is 0.458 e. The number of ether oxygens (including phenoxy) is 2. The number of halogens is 10. The molecule has 2 nitrogen and oxygen atoms in total. The van der Waals surface area contributed by atoms with Crippen LogP contribution in [0.25, 0.3) is 0 Å². The lowest BCUT2D eigenvalue weighted by atomic mass is 10.2. The molecule has 0 aliphatic carbocycles. The summed E-state index contributed by atoms with van der Waals surface area (Å²) < 4.78 is 131. The summed E-state index contributed by atoms with van der Waals surface area (Å²) in [6.07, 6.45) is -23.6. The van der Waals surface area contributed by atoms with Crippen molar-refractivity contribution >= 4 is 0 Å². The third-order valence-electron chi connectivity index (χ3n) is 1.97. The highest BCUT2D eigenvalue weighted by atomic mass is 19.4. The number of alkyl halides is 10. The van der Waals surface area contributed by atoms with Crippen molar-refractivity contribution in [3.05, 3.63) is 0 Å². The maximum atomic E-state index is 13.4. The fraction of sp³-hybridized carbons (Fsp3) is 1.00. The van der Waals surface area contributed by atoms with Crippen LogP contribution in [-0.4, -0.2) is 37.3 Å². The zero-order valence-corrected chi connectivity index (χ0v) is 10.3. The van der Waals surface area contributed by atoms with Crippen molar-refractivity contribution in [3.8, 4) is 0 Å². The smallest absolute Gasteiger partial charge is 0.278 e. The Bertz CT molecular complexity index is 331. The molecule has 0 amide bonds. The molecule has 0 saturated carbocycles. The van der Waals surface area contributed by atoms with Crippen molar-refractivity contribution in [1.29, 1.82) is 0 Å². The normalized spacial score (nSPS) is 18.4. The molecule has 0 aliphatic heterocycles. The van der Waals surface area contributed by atoms with Gasteiger partial charge in [0.15, 0.2) is 0 Å². The van der Waals surface area contributed by atoms with Gasteiger partial charge in [-0.05, 0) is 6.42 Å². The van der Waals surface area contributed by atoms with E-state index in [0.717, 1.165) is 6.92 Å². The summed E-state index contributed by atoms with van der Waals surface area (Å²) in [6.45, 7) is -1.32. The lowest BCUT2D eigenvalue weighted by Gasteiger charge is -2.36. The van der Waals surface area contributed by atoms with Crippen molar-refractivity contribution < 1.29 is 53.4 Å². The van der Waals surface area contributed by atoms with Gasteiger partial charge in [-0.2, -0.15) is 35.1 Å². The summed E-state index contributed by atoms with van der Waals surface area (Å²) in [4.78, 5) is 0. The van der Waals surface area contributed by atoms with Crippen molar-refractivity contribution in [3.63, 3.8) is 0 Å². The van der Waals surface area contributed by atoms with Gasteiger partial charge in [0.25, 0.3) is 0 Å². The fourth-order valence-corrected chi connectivity index (χ4v) is 1.10. The van der Waals surface area contributed by atoms with Crippen LogP contribution in [0.4, 0.5) is 43.9 Å². The van der Waals surface area contributed by atoms with Gasteiger partial charge in [0.05, 0.1) is 0 Å². The van der Waals surface area contributed by atoms with Gasteiger partial charge in [0.2, 0.25) is 6.36 Å². The molecule has 21 heavy (non-hydrogen) atoms. The first-order valence-corrected chi connectivity index (χ1v) is 5.31. The first-order valence-electron chi connectivity index (χ1n) is 5.31. The van der Waals surface area contributed by atoms with Gasteiger partial charge in [-0.25, -0.2) is 8.78 Å². The number of hydrogen-bond acceptors (Lipinski definition) is 2. The summed E-state index contributed by atoms with van der Waals surface area (Å²) in [6, 6.07) is 0. The molecule has 0 saturated heterocycles. The van der Waals surface area contributed by atoms with Crippen molar-refractivity contribution in [2.75, 3.05) is 6.67 Å². The van der Waals surface area contributed by atoms with Gasteiger partial charge >= 0.3 is 24.2 Å². The molecule has 0 heterocycles. The molecule has 12 heteroatoms. The van der Waals surface area contributed by atoms with E-state index in [9.17, 15) is 43.9 Å². The fourth-order valence-electron chi connectivity index (χ4n) is 1.10. The molecule has 0 fully saturated rings. The molecular weight excluding hydrogens is 330 g/mol. The van der Waals surface area contributed by atoms with Gasteiger partial charge in [-0.3, -0.25) is 9.47 Å². The standard InChI is InChI=1S/C9H10F10O2/c1-2-3-6(12,13)21-7(14,8(15,16)17)9(18,19)20-5(11)4-10/h5H,2-4H2,1H3. The highest BCUT2D eigenvalue weighted by Crippen LogP contribution is 2.50. The average Bonchev–Trinajstić information content (AvgIpc) is 2.25. The van der Waals surface area contributed by atoms with Crippen molar-refractivity contribution in [2.45, 2.75) is 50.4 Å². The average molecular weight is 340 g/mol. The summed E-state index contributed by atoms with van der Waals surface area (Å²) in [5.41, 5.74) is 0. The van der Waals surface area contributed by atoms with E-state index in [1.54, 1.807) is 0 Å². The molecule has 2 unspecified atom stereocenters. The molecule has 0 N–H and O–H groups in total. The summed E-state index contributed by atoms with van der Waals surface area (Å²) in [7, 11) is 0. The minimum atomic E-state index is -6.70. The number of hydrogen-bond donors (Lipinski definition) is 0. The molecule has 0 aromatic rings. The van der Waals surface area contributed by atoms with Crippen LogP contribution in [0.15, 0.2) is 0 Å². The van der Waals surface area contributed by atoms with Gasteiger partial charge in [0, 0.05) is 6.42 Å². The molecular formula is C9H10F10O2. The maximum absolute atomic E-state index is 13.4. The molecule has 2 atom stereocenters. The van der Waals surface area contributed by atoms with Crippen LogP contribution in [-0.2, 0) is 9.47 Å². The van der Waals surface area contributed by atoms with Crippen LogP contribution < -0.4 is 0 Å². The second-order valence-electron chi connectivity index (χ2n) is 3.78. The van der Waals surface area contributed by atoms with Crippen LogP contribution in [0.3, 0.4) is 0 Å². The van der Waals surface area contributed by atoms with Crippen LogP contribution in [0.5, 0.6) is 0 Å². The van der Waals surface area contributed by atoms with E-state index in [1.807, 2.05) is 0 Å². The predicted molar refractivity (Wildman–Crippen MR) is 47.7 cm³/mol. The van der Waals surface area contributed by atoms with E-state index >= 15 is 0 Å². The highest BCUT2D eigenvalue weighted by molar-refractivity contribution is 4.88. The Kier molecular flexibility index (Phi) is 6.30. The predicted octanol–water partition coefficient (Wildman–Crippen LogP) is 4.50. The van der Waals surface area contributed by atoms with Crippen LogP contribution in [0, 0.1) is 0 Å². The summed E-state index contributed by atoms with van der Waals surface area (Å²) in [5, 5.41) is 0. The molecule has 0 bridgehead atoms. The Morgan fingerprint density at radius 1 is 0.952 bits per heavy atom.